The second kappa shape index (κ2) is 10.3. The highest BCUT2D eigenvalue weighted by Gasteiger charge is 2.27. The second-order valence-corrected chi connectivity index (χ2v) is 7.70. The number of nitrogens with zero attached hydrogens (tertiary/aromatic N) is 2. The maximum Gasteiger partial charge on any atom is 0.237 e. The number of hydrogen-bond donors (Lipinski definition) is 3. The molecule has 1 aliphatic heterocycles. The van der Waals surface area contributed by atoms with Gasteiger partial charge in [-0.05, 0) is 62.2 Å². The van der Waals surface area contributed by atoms with E-state index in [0.29, 0.717) is 5.82 Å². The van der Waals surface area contributed by atoms with Gasteiger partial charge in [-0.2, -0.15) is 0 Å². The van der Waals surface area contributed by atoms with Crippen molar-refractivity contribution in [2.75, 3.05) is 25.4 Å². The van der Waals surface area contributed by atoms with Crippen LogP contribution in [-0.2, 0) is 16.1 Å². The van der Waals surface area contributed by atoms with E-state index in [2.05, 4.69) is 20.5 Å². The smallest absolute Gasteiger partial charge is 0.237 e. The summed E-state index contributed by atoms with van der Waals surface area (Å²) in [5.74, 6) is -3.18. The summed E-state index contributed by atoms with van der Waals surface area (Å²) in [7, 11) is 0. The molecule has 4 N–H and O–H groups in total. The highest BCUT2D eigenvalue weighted by atomic mass is 19.2. The number of amides is 2. The molecule has 7 nitrogen and oxygen atoms in total. The predicted octanol–water partition coefficient (Wildman–Crippen LogP) is 1.94. The Balaban J connectivity index is 1.69. The van der Waals surface area contributed by atoms with Gasteiger partial charge in [-0.15, -0.1) is 0 Å². The van der Waals surface area contributed by atoms with Crippen LogP contribution in [0.2, 0.25) is 0 Å². The Morgan fingerprint density at radius 2 is 1.84 bits per heavy atom. The summed E-state index contributed by atoms with van der Waals surface area (Å²) in [5.41, 5.74) is 6.58. The number of halogens is 2. The molecular formula is C22H27F2N5O2. The van der Waals surface area contributed by atoms with Crippen molar-refractivity contribution in [2.24, 2.45) is 0 Å². The Labute approximate surface area is 180 Å². The maximum absolute atomic E-state index is 13.8. The highest BCUT2D eigenvalue weighted by molar-refractivity contribution is 5.86. The van der Waals surface area contributed by atoms with Crippen LogP contribution in [-0.4, -0.2) is 47.4 Å². The molecule has 3 rings (SSSR count). The van der Waals surface area contributed by atoms with Crippen LogP contribution in [0, 0.1) is 11.6 Å². The first-order valence-corrected chi connectivity index (χ1v) is 10.3. The lowest BCUT2D eigenvalue weighted by molar-refractivity contribution is -0.126. The quantitative estimate of drug-likeness (QED) is 0.593. The number of carbonyl (C=O) groups is 2. The van der Waals surface area contributed by atoms with Gasteiger partial charge in [-0.25, -0.2) is 13.8 Å². The van der Waals surface area contributed by atoms with E-state index < -0.39 is 23.5 Å². The van der Waals surface area contributed by atoms with Crippen LogP contribution in [0.25, 0.3) is 0 Å². The molecule has 0 bridgehead atoms. The minimum atomic E-state index is -1.05. The molecule has 2 amide bonds. The van der Waals surface area contributed by atoms with Crippen molar-refractivity contribution in [3.05, 3.63) is 59.3 Å². The van der Waals surface area contributed by atoms with E-state index in [1.807, 2.05) is 6.92 Å². The third kappa shape index (κ3) is 5.97. The van der Waals surface area contributed by atoms with Crippen molar-refractivity contribution in [1.29, 1.82) is 0 Å². The Hall–Kier alpha value is -3.07. The summed E-state index contributed by atoms with van der Waals surface area (Å²) in [5, 5.41) is 5.55. The fourth-order valence-corrected chi connectivity index (χ4v) is 3.59. The van der Waals surface area contributed by atoms with Gasteiger partial charge in [0.1, 0.15) is 5.82 Å². The third-order valence-corrected chi connectivity index (χ3v) is 5.53. The summed E-state index contributed by atoms with van der Waals surface area (Å²) in [6.07, 6.45) is 3.65. The number of benzene rings is 1. The average Bonchev–Trinajstić information content (AvgIpc) is 3.30. The number of anilines is 1. The zero-order chi connectivity index (χ0) is 22.4. The Morgan fingerprint density at radius 1 is 1.10 bits per heavy atom. The Morgan fingerprint density at radius 3 is 2.48 bits per heavy atom. The van der Waals surface area contributed by atoms with Crippen molar-refractivity contribution in [1.82, 2.24) is 20.5 Å². The highest BCUT2D eigenvalue weighted by Crippen LogP contribution is 2.19. The molecule has 2 heterocycles. The summed E-state index contributed by atoms with van der Waals surface area (Å²) < 4.78 is 27.2. The van der Waals surface area contributed by atoms with Crippen molar-refractivity contribution in [3.63, 3.8) is 0 Å². The number of likely N-dealkylation sites (tertiary alicyclic amines) is 1. The zero-order valence-electron chi connectivity index (χ0n) is 17.4. The van der Waals surface area contributed by atoms with E-state index in [1.165, 1.54) is 6.07 Å². The number of carbonyl (C=O) groups excluding carboxylic acids is 2. The van der Waals surface area contributed by atoms with Gasteiger partial charge in [0.2, 0.25) is 11.8 Å². The molecule has 1 aromatic heterocycles. The fourth-order valence-electron chi connectivity index (χ4n) is 3.59. The minimum Gasteiger partial charge on any atom is -0.384 e. The van der Waals surface area contributed by atoms with E-state index in [4.69, 9.17) is 5.73 Å². The number of nitrogens with two attached hydrogens (primary N) is 1. The van der Waals surface area contributed by atoms with Crippen molar-refractivity contribution in [2.45, 2.75) is 38.3 Å². The van der Waals surface area contributed by atoms with Gasteiger partial charge in [-0.3, -0.25) is 14.5 Å². The third-order valence-electron chi connectivity index (χ3n) is 5.53. The molecule has 2 atom stereocenters. The van der Waals surface area contributed by atoms with E-state index in [1.54, 1.807) is 18.3 Å². The largest absolute Gasteiger partial charge is 0.384 e. The molecule has 31 heavy (non-hydrogen) atoms. The summed E-state index contributed by atoms with van der Waals surface area (Å²) in [6, 6.07) is 6.34. The number of pyridine rings is 1. The number of nitrogens with one attached hydrogen (secondary N) is 2. The molecule has 0 aliphatic carbocycles. The predicted molar refractivity (Wildman–Crippen MR) is 113 cm³/mol. The molecule has 0 radical (unpaired) electrons. The molecule has 0 unspecified atom stereocenters. The summed E-state index contributed by atoms with van der Waals surface area (Å²) in [4.78, 5) is 31.5. The molecule has 9 heteroatoms. The van der Waals surface area contributed by atoms with Crippen LogP contribution in [0.1, 0.15) is 36.8 Å². The number of rotatable bonds is 8. The molecule has 2 aromatic rings. The standard InChI is InChI=1S/C22H27F2N5O2/c1-14(29-8-2-3-9-29)21(30)28-13-17(16-5-6-18(23)19(24)10-16)22(31)27-12-15-4-7-20(25)26-11-15/h4-7,10-11,14,17H,2-3,8-9,12-13H2,1H3,(H2,25,26)(H,27,31)(H,28,30)/t14-,17-/m0/s1. The summed E-state index contributed by atoms with van der Waals surface area (Å²) >= 11 is 0. The molecule has 1 saturated heterocycles. The van der Waals surface area contributed by atoms with Crippen LogP contribution in [0.5, 0.6) is 0 Å². The Kier molecular flexibility index (Phi) is 7.51. The van der Waals surface area contributed by atoms with E-state index >= 15 is 0 Å². The monoisotopic (exact) mass is 431 g/mol. The van der Waals surface area contributed by atoms with Crippen molar-refractivity contribution >= 4 is 17.6 Å². The topological polar surface area (TPSA) is 100 Å². The van der Waals surface area contributed by atoms with Crippen LogP contribution in [0.4, 0.5) is 14.6 Å². The Bertz CT molecular complexity index is 917. The molecule has 0 saturated carbocycles. The lowest BCUT2D eigenvalue weighted by Gasteiger charge is -2.24. The van der Waals surface area contributed by atoms with E-state index in [-0.39, 0.29) is 30.6 Å². The average molecular weight is 431 g/mol. The van der Waals surface area contributed by atoms with Gasteiger partial charge < -0.3 is 16.4 Å². The van der Waals surface area contributed by atoms with Gasteiger partial charge in [0, 0.05) is 19.3 Å². The SMILES string of the molecule is C[C@@H](C(=O)NC[C@H](C(=O)NCc1ccc(N)nc1)c1ccc(F)c(F)c1)N1CCCC1. The fraction of sp³-hybridized carbons (Fsp3) is 0.409. The lowest BCUT2D eigenvalue weighted by Crippen LogP contribution is -2.46. The van der Waals surface area contributed by atoms with Gasteiger partial charge >= 0.3 is 0 Å². The molecule has 1 fully saturated rings. The van der Waals surface area contributed by atoms with Crippen molar-refractivity contribution < 1.29 is 18.4 Å². The van der Waals surface area contributed by atoms with Gasteiger partial charge in [0.25, 0.3) is 0 Å². The van der Waals surface area contributed by atoms with Crippen LogP contribution in [0.3, 0.4) is 0 Å². The number of aromatic nitrogens is 1. The minimum absolute atomic E-state index is 0.0338. The van der Waals surface area contributed by atoms with E-state index in [9.17, 15) is 18.4 Å². The molecule has 1 aromatic carbocycles. The number of nitrogen functional groups attached to an aromatic ring is 1. The maximum atomic E-state index is 13.8. The van der Waals surface area contributed by atoms with Crippen LogP contribution in [0.15, 0.2) is 36.5 Å². The molecule has 166 valence electrons. The van der Waals surface area contributed by atoms with Crippen molar-refractivity contribution in [3.8, 4) is 0 Å². The van der Waals surface area contributed by atoms with E-state index in [0.717, 1.165) is 43.6 Å². The first-order chi connectivity index (χ1) is 14.8. The summed E-state index contributed by atoms with van der Waals surface area (Å²) in [6.45, 7) is 3.69. The number of hydrogen-bond acceptors (Lipinski definition) is 5. The van der Waals surface area contributed by atoms with Crippen LogP contribution >= 0.6 is 0 Å². The molecular weight excluding hydrogens is 404 g/mol. The zero-order valence-corrected chi connectivity index (χ0v) is 17.4. The van der Waals surface area contributed by atoms with Gasteiger partial charge in [-0.1, -0.05) is 12.1 Å². The molecule has 0 spiro atoms. The first-order valence-electron chi connectivity index (χ1n) is 10.3. The first kappa shape index (κ1) is 22.6. The lowest BCUT2D eigenvalue weighted by atomic mass is 9.97. The van der Waals surface area contributed by atoms with Gasteiger partial charge in [0.15, 0.2) is 11.6 Å². The second-order valence-electron chi connectivity index (χ2n) is 7.70. The normalized spacial score (nSPS) is 16.0. The van der Waals surface area contributed by atoms with Gasteiger partial charge in [0.05, 0.1) is 12.0 Å². The molecule has 1 aliphatic rings. The van der Waals surface area contributed by atoms with Crippen LogP contribution < -0.4 is 16.4 Å².